The summed E-state index contributed by atoms with van der Waals surface area (Å²) in [6, 6.07) is 0. The van der Waals surface area contributed by atoms with Crippen LogP contribution in [0.1, 0.15) is 64.7 Å². The Morgan fingerprint density at radius 1 is 1.21 bits per heavy atom. The van der Waals surface area contributed by atoms with E-state index in [9.17, 15) is 14.7 Å². The van der Waals surface area contributed by atoms with Crippen molar-refractivity contribution >= 4 is 17.8 Å². The summed E-state index contributed by atoms with van der Waals surface area (Å²) in [5.41, 5.74) is 5.42. The van der Waals surface area contributed by atoms with E-state index in [0.29, 0.717) is 24.2 Å². The number of ether oxygens (including phenoxy) is 1. The summed E-state index contributed by atoms with van der Waals surface area (Å²) in [5.74, 6) is 0.888. The Kier molecular flexibility index (Phi) is 5.06. The van der Waals surface area contributed by atoms with Gasteiger partial charge in [0, 0.05) is 6.42 Å². The van der Waals surface area contributed by atoms with E-state index in [2.05, 4.69) is 22.9 Å². The third kappa shape index (κ3) is 3.27. The van der Waals surface area contributed by atoms with E-state index < -0.39 is 12.1 Å². The first-order chi connectivity index (χ1) is 13.4. The van der Waals surface area contributed by atoms with Crippen molar-refractivity contribution in [3.63, 3.8) is 0 Å². The van der Waals surface area contributed by atoms with Crippen LogP contribution in [-0.2, 0) is 14.4 Å². The van der Waals surface area contributed by atoms with Gasteiger partial charge < -0.3 is 9.84 Å². The van der Waals surface area contributed by atoms with Gasteiger partial charge in [-0.3, -0.25) is 9.63 Å². The zero-order chi connectivity index (χ0) is 19.9. The summed E-state index contributed by atoms with van der Waals surface area (Å²) in [6.07, 6.45) is 9.90. The number of hydrogen-bond acceptors (Lipinski definition) is 5. The first-order valence-corrected chi connectivity index (χ1v) is 10.4. The van der Waals surface area contributed by atoms with E-state index in [1.165, 1.54) is 18.3 Å². The average Bonchev–Trinajstić information content (AvgIpc) is 3.01. The Labute approximate surface area is 165 Å². The van der Waals surface area contributed by atoms with Crippen molar-refractivity contribution in [2.45, 2.75) is 64.7 Å². The van der Waals surface area contributed by atoms with Crippen LogP contribution in [0.5, 0.6) is 0 Å². The number of nitrogens with zero attached hydrogens (tertiary/aromatic N) is 1. The van der Waals surface area contributed by atoms with E-state index in [1.54, 1.807) is 5.57 Å². The minimum Gasteiger partial charge on any atom is -0.481 e. The minimum absolute atomic E-state index is 0.171. The molecule has 0 spiro atoms. The highest BCUT2D eigenvalue weighted by molar-refractivity contribution is 5.97. The SMILES string of the molecule is COC(=O)O/N=C1/C=C2CC[C@@H]3C(=C2CC1)CC[C@]1(C)[C@@H](CC(=O)O)CC[C@@H]31. The highest BCUT2D eigenvalue weighted by Crippen LogP contribution is 2.62. The van der Waals surface area contributed by atoms with Crippen LogP contribution < -0.4 is 0 Å². The molecule has 28 heavy (non-hydrogen) atoms. The molecule has 0 aromatic carbocycles. The fourth-order valence-corrected chi connectivity index (χ4v) is 6.40. The summed E-state index contributed by atoms with van der Waals surface area (Å²) < 4.78 is 4.47. The molecule has 0 radical (unpaired) electrons. The van der Waals surface area contributed by atoms with Gasteiger partial charge in [-0.15, -0.1) is 0 Å². The number of carboxylic acid groups (broad SMARTS) is 1. The molecule has 4 rings (SSSR count). The fourth-order valence-electron chi connectivity index (χ4n) is 6.40. The maximum atomic E-state index is 11.3. The zero-order valence-corrected chi connectivity index (χ0v) is 16.7. The molecule has 4 aliphatic carbocycles. The van der Waals surface area contributed by atoms with Crippen molar-refractivity contribution in [3.05, 3.63) is 22.8 Å². The second-order valence-electron chi connectivity index (χ2n) is 8.93. The minimum atomic E-state index is -0.789. The monoisotopic (exact) mass is 387 g/mol. The van der Waals surface area contributed by atoms with Crippen LogP contribution >= 0.6 is 0 Å². The first-order valence-electron chi connectivity index (χ1n) is 10.4. The van der Waals surface area contributed by atoms with Crippen molar-refractivity contribution in [2.24, 2.45) is 28.3 Å². The molecule has 0 bridgehead atoms. The molecule has 1 N–H and O–H groups in total. The van der Waals surface area contributed by atoms with Gasteiger partial charge in [0.05, 0.1) is 12.8 Å². The molecular weight excluding hydrogens is 358 g/mol. The molecule has 0 unspecified atom stereocenters. The van der Waals surface area contributed by atoms with E-state index in [-0.39, 0.29) is 5.41 Å². The number of methoxy groups -OCH3 is 1. The second kappa shape index (κ2) is 7.37. The summed E-state index contributed by atoms with van der Waals surface area (Å²) in [5, 5.41) is 13.3. The summed E-state index contributed by atoms with van der Waals surface area (Å²) in [7, 11) is 1.27. The average molecular weight is 387 g/mol. The fraction of sp³-hybridized carbons (Fsp3) is 0.682. The molecule has 0 aliphatic heterocycles. The Hall–Kier alpha value is -2.11. The maximum absolute atomic E-state index is 11.3. The Bertz CT molecular complexity index is 780. The number of carboxylic acids is 1. The Morgan fingerprint density at radius 2 is 2.04 bits per heavy atom. The van der Waals surface area contributed by atoms with Crippen molar-refractivity contribution in [3.8, 4) is 0 Å². The molecule has 4 aliphatic rings. The molecule has 0 aromatic heterocycles. The highest BCUT2D eigenvalue weighted by atomic mass is 16.8. The summed E-state index contributed by atoms with van der Waals surface area (Å²) in [4.78, 5) is 27.2. The molecular formula is C22H29NO5. The number of allylic oxidation sites excluding steroid dienone is 4. The summed E-state index contributed by atoms with van der Waals surface area (Å²) >= 11 is 0. The number of rotatable bonds is 3. The number of carbonyl (C=O) groups excluding carboxylic acids is 1. The van der Waals surface area contributed by atoms with Gasteiger partial charge in [0.2, 0.25) is 0 Å². The van der Waals surface area contributed by atoms with Crippen LogP contribution in [0.4, 0.5) is 4.79 Å². The Morgan fingerprint density at radius 3 is 2.79 bits per heavy atom. The topological polar surface area (TPSA) is 85.2 Å². The predicted molar refractivity (Wildman–Crippen MR) is 104 cm³/mol. The number of hydrogen-bond donors (Lipinski definition) is 1. The molecule has 152 valence electrons. The van der Waals surface area contributed by atoms with Gasteiger partial charge in [-0.25, -0.2) is 4.79 Å². The number of carbonyl (C=O) groups is 2. The van der Waals surface area contributed by atoms with Gasteiger partial charge in [-0.05, 0) is 91.8 Å². The van der Waals surface area contributed by atoms with Gasteiger partial charge in [0.25, 0.3) is 0 Å². The molecule has 0 saturated heterocycles. The lowest BCUT2D eigenvalue weighted by Crippen LogP contribution is -2.40. The number of oxime groups is 1. The molecule has 4 atom stereocenters. The van der Waals surface area contributed by atoms with Gasteiger partial charge >= 0.3 is 12.1 Å². The smallest absolute Gasteiger partial charge is 0.481 e. The third-order valence-electron chi connectivity index (χ3n) is 7.77. The molecule has 0 amide bonds. The van der Waals surface area contributed by atoms with Crippen LogP contribution in [0.3, 0.4) is 0 Å². The van der Waals surface area contributed by atoms with Gasteiger partial charge in [-0.1, -0.05) is 17.7 Å². The van der Waals surface area contributed by atoms with Gasteiger partial charge in [0.1, 0.15) is 0 Å². The molecule has 2 fully saturated rings. The van der Waals surface area contributed by atoms with E-state index in [4.69, 9.17) is 4.84 Å². The van der Waals surface area contributed by atoms with Crippen molar-refractivity contribution in [1.29, 1.82) is 0 Å². The van der Waals surface area contributed by atoms with Crippen LogP contribution in [0.2, 0.25) is 0 Å². The van der Waals surface area contributed by atoms with Crippen LogP contribution in [-0.4, -0.2) is 30.1 Å². The van der Waals surface area contributed by atoms with Crippen LogP contribution in [0.25, 0.3) is 0 Å². The van der Waals surface area contributed by atoms with Crippen LogP contribution in [0.15, 0.2) is 28.0 Å². The van der Waals surface area contributed by atoms with Crippen molar-refractivity contribution in [2.75, 3.05) is 7.11 Å². The van der Waals surface area contributed by atoms with Crippen LogP contribution in [0, 0.1) is 23.2 Å². The lowest BCUT2D eigenvalue weighted by Gasteiger charge is -2.49. The number of aliphatic carboxylic acids is 1. The van der Waals surface area contributed by atoms with E-state index in [0.717, 1.165) is 57.1 Å². The first kappa shape index (κ1) is 19.2. The second-order valence-corrected chi connectivity index (χ2v) is 8.93. The highest BCUT2D eigenvalue weighted by Gasteiger charge is 2.53. The Balaban J connectivity index is 1.56. The van der Waals surface area contributed by atoms with E-state index in [1.807, 2.05) is 0 Å². The zero-order valence-electron chi connectivity index (χ0n) is 16.7. The lowest BCUT2D eigenvalue weighted by atomic mass is 9.56. The normalized spacial score (nSPS) is 35.6. The van der Waals surface area contributed by atoms with Crippen molar-refractivity contribution < 1.29 is 24.3 Å². The molecule has 6 nitrogen and oxygen atoms in total. The third-order valence-corrected chi connectivity index (χ3v) is 7.77. The standard InChI is InChI=1S/C22H29NO5/c1-22-10-9-17-16-7-5-15(23-28-21(26)27-2)11-13(16)3-6-18(17)19(22)8-4-14(22)12-20(24)25/h11,14,18-19H,3-10,12H2,1-2H3,(H,24,25)/b23-15+/t14-,18-,19+,22-/m1/s1. The van der Waals surface area contributed by atoms with Crippen molar-refractivity contribution in [1.82, 2.24) is 0 Å². The maximum Gasteiger partial charge on any atom is 0.534 e. The van der Waals surface area contributed by atoms with Gasteiger partial charge in [-0.2, -0.15) is 0 Å². The van der Waals surface area contributed by atoms with Gasteiger partial charge in [0.15, 0.2) is 0 Å². The van der Waals surface area contributed by atoms with E-state index >= 15 is 0 Å². The molecule has 0 aromatic rings. The quantitative estimate of drug-likeness (QED) is 0.425. The lowest BCUT2D eigenvalue weighted by molar-refractivity contribution is -0.139. The number of fused-ring (bicyclic) bond motifs is 4. The largest absolute Gasteiger partial charge is 0.534 e. The summed E-state index contributed by atoms with van der Waals surface area (Å²) in [6.45, 7) is 2.35. The molecule has 6 heteroatoms. The predicted octanol–water partition coefficient (Wildman–Crippen LogP) is 4.85. The molecule has 0 heterocycles. The molecule has 2 saturated carbocycles.